The summed E-state index contributed by atoms with van der Waals surface area (Å²) in [5.41, 5.74) is 0. The van der Waals surface area contributed by atoms with E-state index in [0.717, 1.165) is 32.2 Å². The summed E-state index contributed by atoms with van der Waals surface area (Å²) >= 11 is 1.36. The van der Waals surface area contributed by atoms with Crippen molar-refractivity contribution >= 4 is 41.5 Å². The maximum Gasteiger partial charge on any atom is 0.261 e. The molecule has 3 amide bonds. The van der Waals surface area contributed by atoms with Crippen LogP contribution in [0.2, 0.25) is 0 Å². The minimum atomic E-state index is -0.210. The molecular weight excluding hydrogens is 388 g/mol. The van der Waals surface area contributed by atoms with Gasteiger partial charge in [0.2, 0.25) is 11.8 Å². The Bertz CT molecular complexity index is 635. The Balaban J connectivity index is 0.00000261. The molecule has 0 saturated carbocycles. The van der Waals surface area contributed by atoms with Crippen LogP contribution < -0.4 is 16.0 Å². The number of likely N-dealkylation sites (tertiary alicyclic amines) is 1. The van der Waals surface area contributed by atoms with Gasteiger partial charge < -0.3 is 20.9 Å². The molecule has 0 bridgehead atoms. The van der Waals surface area contributed by atoms with Crippen molar-refractivity contribution in [3.8, 4) is 0 Å². The third kappa shape index (κ3) is 6.19. The fourth-order valence-electron chi connectivity index (χ4n) is 3.50. The van der Waals surface area contributed by atoms with Crippen LogP contribution in [0.15, 0.2) is 17.5 Å². The first kappa shape index (κ1) is 21.7. The SMILES string of the molecule is Cl.O=C(NCC(=O)N1CCCC(CNC(=O)C2CCCN2)C1)c1cccs1. The Labute approximate surface area is 169 Å². The van der Waals surface area contributed by atoms with Gasteiger partial charge >= 0.3 is 0 Å². The van der Waals surface area contributed by atoms with Crippen LogP contribution in [0.25, 0.3) is 0 Å². The molecule has 2 aliphatic heterocycles. The molecule has 1 aromatic rings. The minimum absolute atomic E-state index is 0. The molecule has 3 N–H and O–H groups in total. The van der Waals surface area contributed by atoms with Crippen LogP contribution >= 0.6 is 23.7 Å². The molecule has 3 rings (SSSR count). The number of hydrogen-bond acceptors (Lipinski definition) is 5. The maximum absolute atomic E-state index is 12.4. The molecule has 2 fully saturated rings. The van der Waals surface area contributed by atoms with Gasteiger partial charge in [-0.2, -0.15) is 0 Å². The van der Waals surface area contributed by atoms with Crippen LogP contribution in [-0.2, 0) is 9.59 Å². The fourth-order valence-corrected chi connectivity index (χ4v) is 4.14. The van der Waals surface area contributed by atoms with E-state index >= 15 is 0 Å². The normalized spacial score (nSPS) is 22.0. The summed E-state index contributed by atoms with van der Waals surface area (Å²) in [6.45, 7) is 2.86. The Morgan fingerprint density at radius 2 is 2.07 bits per heavy atom. The molecule has 2 atom stereocenters. The van der Waals surface area contributed by atoms with Crippen molar-refractivity contribution in [3.63, 3.8) is 0 Å². The number of hydrogen-bond donors (Lipinski definition) is 3. The van der Waals surface area contributed by atoms with Gasteiger partial charge in [0.05, 0.1) is 17.5 Å². The van der Waals surface area contributed by atoms with Crippen molar-refractivity contribution in [1.29, 1.82) is 0 Å². The van der Waals surface area contributed by atoms with Crippen molar-refractivity contribution in [2.75, 3.05) is 32.7 Å². The summed E-state index contributed by atoms with van der Waals surface area (Å²) < 4.78 is 0. The lowest BCUT2D eigenvalue weighted by atomic mass is 9.97. The molecule has 150 valence electrons. The van der Waals surface area contributed by atoms with Crippen molar-refractivity contribution in [1.82, 2.24) is 20.9 Å². The van der Waals surface area contributed by atoms with Gasteiger partial charge in [-0.1, -0.05) is 6.07 Å². The van der Waals surface area contributed by atoms with Crippen LogP contribution in [0.1, 0.15) is 35.4 Å². The molecule has 7 nitrogen and oxygen atoms in total. The Morgan fingerprint density at radius 3 is 2.78 bits per heavy atom. The summed E-state index contributed by atoms with van der Waals surface area (Å²) in [6, 6.07) is 3.48. The standard InChI is InChI=1S/C18H26N4O3S.ClH/c23-16(11-21-18(25)15-6-3-9-26-15)22-8-2-4-13(12-22)10-20-17(24)14-5-1-7-19-14;/h3,6,9,13-14,19H,1-2,4-5,7-8,10-12H2,(H,20,24)(H,21,25);1H. The zero-order valence-corrected chi connectivity index (χ0v) is 16.9. The Kier molecular flexibility index (Phi) is 8.53. The number of thiophene rings is 1. The van der Waals surface area contributed by atoms with E-state index in [9.17, 15) is 14.4 Å². The van der Waals surface area contributed by atoms with Crippen molar-refractivity contribution in [2.24, 2.45) is 5.92 Å². The number of carbonyl (C=O) groups excluding carboxylic acids is 3. The number of nitrogens with one attached hydrogen (secondary N) is 3. The molecule has 1 aromatic heterocycles. The third-order valence-corrected chi connectivity index (χ3v) is 5.83. The summed E-state index contributed by atoms with van der Waals surface area (Å²) in [7, 11) is 0. The van der Waals surface area contributed by atoms with E-state index < -0.39 is 0 Å². The second-order valence-electron chi connectivity index (χ2n) is 6.90. The van der Waals surface area contributed by atoms with Gasteiger partial charge in [-0.05, 0) is 49.6 Å². The van der Waals surface area contributed by atoms with E-state index in [4.69, 9.17) is 0 Å². The van der Waals surface area contributed by atoms with E-state index in [2.05, 4.69) is 16.0 Å². The molecule has 3 heterocycles. The number of rotatable bonds is 6. The molecule has 0 aromatic carbocycles. The van der Waals surface area contributed by atoms with E-state index in [1.807, 2.05) is 11.4 Å². The fraction of sp³-hybridized carbons (Fsp3) is 0.611. The number of carbonyl (C=O) groups is 3. The number of halogens is 1. The molecule has 2 aliphatic rings. The van der Waals surface area contributed by atoms with Gasteiger partial charge in [0.1, 0.15) is 0 Å². The smallest absolute Gasteiger partial charge is 0.261 e. The Morgan fingerprint density at radius 1 is 1.22 bits per heavy atom. The topological polar surface area (TPSA) is 90.5 Å². The van der Waals surface area contributed by atoms with Gasteiger partial charge in [-0.15, -0.1) is 23.7 Å². The average Bonchev–Trinajstić information content (AvgIpc) is 3.38. The van der Waals surface area contributed by atoms with Crippen LogP contribution in [0.5, 0.6) is 0 Å². The van der Waals surface area contributed by atoms with Gasteiger partial charge in [0.15, 0.2) is 0 Å². The molecule has 27 heavy (non-hydrogen) atoms. The molecule has 0 aliphatic carbocycles. The highest BCUT2D eigenvalue weighted by Gasteiger charge is 2.26. The minimum Gasteiger partial charge on any atom is -0.354 e. The number of amides is 3. The van der Waals surface area contributed by atoms with E-state index in [1.165, 1.54) is 11.3 Å². The Hall–Kier alpha value is -1.64. The van der Waals surface area contributed by atoms with E-state index in [0.29, 0.717) is 24.5 Å². The quantitative estimate of drug-likeness (QED) is 0.647. The molecule has 0 spiro atoms. The zero-order chi connectivity index (χ0) is 18.4. The van der Waals surface area contributed by atoms with Crippen molar-refractivity contribution in [2.45, 2.75) is 31.7 Å². The highest BCUT2D eigenvalue weighted by Crippen LogP contribution is 2.16. The van der Waals surface area contributed by atoms with Gasteiger partial charge in [0, 0.05) is 19.6 Å². The second kappa shape index (κ2) is 10.6. The number of piperidine rings is 1. The maximum atomic E-state index is 12.4. The lowest BCUT2D eigenvalue weighted by Gasteiger charge is -2.33. The first-order chi connectivity index (χ1) is 12.6. The van der Waals surface area contributed by atoms with Gasteiger partial charge in [0.25, 0.3) is 5.91 Å². The van der Waals surface area contributed by atoms with Crippen LogP contribution in [-0.4, -0.2) is 61.4 Å². The third-order valence-electron chi connectivity index (χ3n) is 4.96. The monoisotopic (exact) mass is 414 g/mol. The van der Waals surface area contributed by atoms with Crippen LogP contribution in [0.3, 0.4) is 0 Å². The zero-order valence-electron chi connectivity index (χ0n) is 15.2. The van der Waals surface area contributed by atoms with Crippen molar-refractivity contribution < 1.29 is 14.4 Å². The summed E-state index contributed by atoms with van der Waals surface area (Å²) in [5.74, 6) is 0.0573. The van der Waals surface area contributed by atoms with Crippen LogP contribution in [0.4, 0.5) is 0 Å². The second-order valence-corrected chi connectivity index (χ2v) is 7.85. The van der Waals surface area contributed by atoms with Gasteiger partial charge in [-0.25, -0.2) is 0 Å². The molecule has 2 saturated heterocycles. The molecule has 9 heteroatoms. The first-order valence-electron chi connectivity index (χ1n) is 9.24. The summed E-state index contributed by atoms with van der Waals surface area (Å²) in [5, 5.41) is 10.7. The van der Waals surface area contributed by atoms with Crippen LogP contribution in [0, 0.1) is 5.92 Å². The van der Waals surface area contributed by atoms with E-state index in [1.54, 1.807) is 11.0 Å². The molecule has 2 unspecified atom stereocenters. The summed E-state index contributed by atoms with van der Waals surface area (Å²) in [6.07, 6.45) is 3.86. The predicted molar refractivity (Wildman–Crippen MR) is 107 cm³/mol. The summed E-state index contributed by atoms with van der Waals surface area (Å²) in [4.78, 5) is 38.8. The number of nitrogens with zero attached hydrogens (tertiary/aromatic N) is 1. The highest BCUT2D eigenvalue weighted by molar-refractivity contribution is 7.12. The van der Waals surface area contributed by atoms with Crippen molar-refractivity contribution in [3.05, 3.63) is 22.4 Å². The molecular formula is C18H27ClN4O3S. The molecule has 0 radical (unpaired) electrons. The van der Waals surface area contributed by atoms with E-state index in [-0.39, 0.29) is 48.6 Å². The lowest BCUT2D eigenvalue weighted by molar-refractivity contribution is -0.131. The highest BCUT2D eigenvalue weighted by atomic mass is 35.5. The predicted octanol–water partition coefficient (Wildman–Crippen LogP) is 1.01. The largest absolute Gasteiger partial charge is 0.354 e. The van der Waals surface area contributed by atoms with Gasteiger partial charge in [-0.3, -0.25) is 14.4 Å². The lowest BCUT2D eigenvalue weighted by Crippen LogP contribution is -2.48. The first-order valence-corrected chi connectivity index (χ1v) is 10.1. The average molecular weight is 415 g/mol.